The number of hydrogen-bond donors (Lipinski definition) is 0. The molecular weight excluding hydrogens is 304 g/mol. The molecule has 0 aliphatic heterocycles. The van der Waals surface area contributed by atoms with Crippen LogP contribution in [0.15, 0.2) is 36.6 Å². The van der Waals surface area contributed by atoms with Crippen LogP contribution in [0.5, 0.6) is 5.75 Å². The number of methoxy groups -OCH3 is 1. The Morgan fingerprint density at radius 2 is 2.22 bits per heavy atom. The lowest BCUT2D eigenvalue weighted by Gasteiger charge is -2.07. The molecule has 1 rings (SSSR count). The molecule has 0 bridgehead atoms. The molecule has 0 N–H and O–H groups in total. The van der Waals surface area contributed by atoms with Crippen molar-refractivity contribution < 1.29 is 23.9 Å². The van der Waals surface area contributed by atoms with Gasteiger partial charge in [0.15, 0.2) is 0 Å². The summed E-state index contributed by atoms with van der Waals surface area (Å²) in [5.41, 5.74) is -0.571. The summed E-state index contributed by atoms with van der Waals surface area (Å²) in [5, 5.41) is 20.0. The lowest BCUT2D eigenvalue weighted by molar-refractivity contribution is -0.385. The fraction of sp³-hybridized carbons (Fsp3) is 0.200. The molecule has 8 nitrogen and oxygen atoms in total. The zero-order chi connectivity index (χ0) is 17.2. The SMILES string of the molecule is C=COCCOc1ccc([N+](=O)[O-])c(/C=C(\C#N)C(=O)OC)c1. The Hall–Kier alpha value is -3.34. The van der Waals surface area contributed by atoms with Gasteiger partial charge in [-0.3, -0.25) is 10.1 Å². The minimum Gasteiger partial charge on any atom is -0.498 e. The summed E-state index contributed by atoms with van der Waals surface area (Å²) in [4.78, 5) is 21.8. The van der Waals surface area contributed by atoms with Crippen LogP contribution in [0.1, 0.15) is 5.56 Å². The summed E-state index contributed by atoms with van der Waals surface area (Å²) < 4.78 is 14.7. The number of benzene rings is 1. The van der Waals surface area contributed by atoms with E-state index in [1.54, 1.807) is 6.07 Å². The van der Waals surface area contributed by atoms with E-state index < -0.39 is 10.9 Å². The average Bonchev–Trinajstić information content (AvgIpc) is 2.55. The first-order valence-corrected chi connectivity index (χ1v) is 6.37. The molecule has 0 spiro atoms. The van der Waals surface area contributed by atoms with E-state index in [2.05, 4.69) is 11.3 Å². The van der Waals surface area contributed by atoms with Crippen LogP contribution in [-0.2, 0) is 14.3 Å². The quantitative estimate of drug-likeness (QED) is 0.137. The molecule has 0 aromatic heterocycles. The molecule has 0 aliphatic rings. The van der Waals surface area contributed by atoms with Crippen LogP contribution in [0, 0.1) is 21.4 Å². The van der Waals surface area contributed by atoms with Gasteiger partial charge in [0.05, 0.1) is 23.9 Å². The van der Waals surface area contributed by atoms with Gasteiger partial charge in [0.1, 0.15) is 30.6 Å². The topological polar surface area (TPSA) is 112 Å². The van der Waals surface area contributed by atoms with Gasteiger partial charge in [0.2, 0.25) is 0 Å². The van der Waals surface area contributed by atoms with Crippen molar-refractivity contribution in [3.63, 3.8) is 0 Å². The molecular formula is C15H14N2O6. The summed E-state index contributed by atoms with van der Waals surface area (Å²) >= 11 is 0. The van der Waals surface area contributed by atoms with Gasteiger partial charge in [-0.2, -0.15) is 5.26 Å². The van der Waals surface area contributed by atoms with E-state index in [0.717, 1.165) is 13.2 Å². The molecule has 1 aromatic carbocycles. The highest BCUT2D eigenvalue weighted by molar-refractivity contribution is 5.98. The van der Waals surface area contributed by atoms with Crippen molar-refractivity contribution in [1.29, 1.82) is 5.26 Å². The molecule has 0 amide bonds. The molecule has 23 heavy (non-hydrogen) atoms. The Kier molecular flexibility index (Phi) is 6.81. The molecule has 120 valence electrons. The molecule has 1 aromatic rings. The maximum absolute atomic E-state index is 11.4. The first-order chi connectivity index (χ1) is 11.0. The van der Waals surface area contributed by atoms with Crippen molar-refractivity contribution >= 4 is 17.7 Å². The number of esters is 1. The van der Waals surface area contributed by atoms with Crippen molar-refractivity contribution in [2.24, 2.45) is 0 Å². The van der Waals surface area contributed by atoms with Gasteiger partial charge >= 0.3 is 5.97 Å². The molecule has 0 aliphatic carbocycles. The van der Waals surface area contributed by atoms with E-state index >= 15 is 0 Å². The molecule has 0 radical (unpaired) electrons. The van der Waals surface area contributed by atoms with Gasteiger partial charge in [-0.05, 0) is 18.2 Å². The van der Waals surface area contributed by atoms with Gasteiger partial charge in [0, 0.05) is 6.07 Å². The standard InChI is InChI=1S/C15H14N2O6/c1-3-22-6-7-23-13-4-5-14(17(19)20)11(9-13)8-12(10-16)15(18)21-2/h3-5,8-9H,1,6-7H2,2H3/b12-8+. The van der Waals surface area contributed by atoms with Crippen LogP contribution in [0.25, 0.3) is 6.08 Å². The van der Waals surface area contributed by atoms with E-state index in [0.29, 0.717) is 5.75 Å². The number of nitriles is 1. The van der Waals surface area contributed by atoms with Gasteiger partial charge in [-0.1, -0.05) is 6.58 Å². The predicted molar refractivity (Wildman–Crippen MR) is 80.3 cm³/mol. The van der Waals surface area contributed by atoms with Crippen molar-refractivity contribution in [3.05, 3.63) is 52.3 Å². The Morgan fingerprint density at radius 1 is 1.48 bits per heavy atom. The van der Waals surface area contributed by atoms with Gasteiger partial charge < -0.3 is 14.2 Å². The van der Waals surface area contributed by atoms with Crippen molar-refractivity contribution in [3.8, 4) is 11.8 Å². The smallest absolute Gasteiger partial charge is 0.348 e. The normalized spacial score (nSPS) is 10.3. The third-order valence-electron chi connectivity index (χ3n) is 2.61. The summed E-state index contributed by atoms with van der Waals surface area (Å²) in [6.07, 6.45) is 2.35. The number of carbonyl (C=O) groups excluding carboxylic acids is 1. The molecule has 8 heteroatoms. The zero-order valence-electron chi connectivity index (χ0n) is 12.4. The van der Waals surface area contributed by atoms with E-state index in [1.807, 2.05) is 0 Å². The minimum absolute atomic E-state index is 0.0547. The average molecular weight is 318 g/mol. The predicted octanol–water partition coefficient (Wildman–Crippen LogP) is 2.21. The van der Waals surface area contributed by atoms with Crippen molar-refractivity contribution in [1.82, 2.24) is 0 Å². The Morgan fingerprint density at radius 3 is 2.78 bits per heavy atom. The van der Waals surface area contributed by atoms with Crippen LogP contribution in [0.2, 0.25) is 0 Å². The maximum Gasteiger partial charge on any atom is 0.348 e. The Labute approximate surface area is 132 Å². The highest BCUT2D eigenvalue weighted by atomic mass is 16.6. The van der Waals surface area contributed by atoms with Crippen molar-refractivity contribution in [2.75, 3.05) is 20.3 Å². The molecule has 0 fully saturated rings. The lowest BCUT2D eigenvalue weighted by Crippen LogP contribution is -2.05. The van der Waals surface area contributed by atoms with E-state index in [1.165, 1.54) is 24.5 Å². The number of ether oxygens (including phenoxy) is 3. The molecule has 0 saturated carbocycles. The third-order valence-corrected chi connectivity index (χ3v) is 2.61. The first-order valence-electron chi connectivity index (χ1n) is 6.37. The summed E-state index contributed by atoms with van der Waals surface area (Å²) in [6.45, 7) is 3.85. The lowest BCUT2D eigenvalue weighted by atomic mass is 10.1. The molecule has 0 heterocycles. The zero-order valence-corrected chi connectivity index (χ0v) is 12.4. The number of nitrogens with zero attached hydrogens (tertiary/aromatic N) is 2. The summed E-state index contributed by atoms with van der Waals surface area (Å²) in [5.74, 6) is -0.552. The van der Waals surface area contributed by atoms with Crippen molar-refractivity contribution in [2.45, 2.75) is 0 Å². The second-order valence-electron chi connectivity index (χ2n) is 4.03. The molecule has 0 atom stereocenters. The molecule has 0 saturated heterocycles. The number of nitro benzene ring substituents is 1. The molecule has 0 unspecified atom stereocenters. The number of nitro groups is 1. The number of carbonyl (C=O) groups is 1. The second kappa shape index (κ2) is 8.84. The monoisotopic (exact) mass is 318 g/mol. The first kappa shape index (κ1) is 17.7. The highest BCUT2D eigenvalue weighted by Gasteiger charge is 2.16. The van der Waals surface area contributed by atoms with Gasteiger partial charge in [0.25, 0.3) is 5.69 Å². The largest absolute Gasteiger partial charge is 0.498 e. The van der Waals surface area contributed by atoms with Crippen LogP contribution >= 0.6 is 0 Å². The Balaban J connectivity index is 3.13. The van der Waals surface area contributed by atoms with E-state index in [4.69, 9.17) is 14.7 Å². The van der Waals surface area contributed by atoms with Crippen LogP contribution < -0.4 is 4.74 Å². The fourth-order valence-corrected chi connectivity index (χ4v) is 1.60. The summed E-state index contributed by atoms with van der Waals surface area (Å²) in [7, 11) is 1.11. The van der Waals surface area contributed by atoms with Crippen LogP contribution in [0.3, 0.4) is 0 Å². The third kappa shape index (κ3) is 5.17. The van der Waals surface area contributed by atoms with Crippen LogP contribution in [0.4, 0.5) is 5.69 Å². The number of rotatable bonds is 8. The number of hydrogen-bond acceptors (Lipinski definition) is 7. The van der Waals surface area contributed by atoms with E-state index in [-0.39, 0.29) is 30.0 Å². The van der Waals surface area contributed by atoms with Gasteiger partial charge in [-0.25, -0.2) is 4.79 Å². The maximum atomic E-state index is 11.4. The second-order valence-corrected chi connectivity index (χ2v) is 4.03. The van der Waals surface area contributed by atoms with Crippen LogP contribution in [-0.4, -0.2) is 31.2 Å². The minimum atomic E-state index is -0.882. The Bertz CT molecular complexity index is 675. The van der Waals surface area contributed by atoms with Gasteiger partial charge in [-0.15, -0.1) is 0 Å². The summed E-state index contributed by atoms with van der Waals surface area (Å²) in [6, 6.07) is 5.63. The van der Waals surface area contributed by atoms with E-state index in [9.17, 15) is 14.9 Å². The fourth-order valence-electron chi connectivity index (χ4n) is 1.60. The highest BCUT2D eigenvalue weighted by Crippen LogP contribution is 2.26.